The lowest BCUT2D eigenvalue weighted by atomic mass is 9.95. The Hall–Kier alpha value is -0.820. The minimum absolute atomic E-state index is 0.333. The predicted octanol–water partition coefficient (Wildman–Crippen LogP) is 3.34. The minimum atomic E-state index is 0.333. The van der Waals surface area contributed by atoms with E-state index >= 15 is 0 Å². The fourth-order valence-corrected chi connectivity index (χ4v) is 1.69. The molecule has 0 saturated carbocycles. The van der Waals surface area contributed by atoms with Gasteiger partial charge in [0, 0.05) is 6.61 Å². The van der Waals surface area contributed by atoms with Crippen molar-refractivity contribution in [1.82, 2.24) is 0 Å². The topological polar surface area (TPSA) is 20.2 Å². The van der Waals surface area contributed by atoms with Crippen molar-refractivity contribution in [1.29, 1.82) is 0 Å². The summed E-state index contributed by atoms with van der Waals surface area (Å²) in [5.41, 5.74) is 1.43. The fourth-order valence-electron chi connectivity index (χ4n) is 1.69. The van der Waals surface area contributed by atoms with E-state index in [9.17, 15) is 0 Å². The highest BCUT2D eigenvalue weighted by Crippen LogP contribution is 2.21. The zero-order valence-electron chi connectivity index (χ0n) is 8.95. The molecule has 0 radical (unpaired) electrons. The summed E-state index contributed by atoms with van der Waals surface area (Å²) >= 11 is 0. The van der Waals surface area contributed by atoms with Crippen LogP contribution in [0.1, 0.15) is 44.1 Å². The second-order valence-corrected chi connectivity index (χ2v) is 3.88. The molecule has 0 aliphatic rings. The highest BCUT2D eigenvalue weighted by atomic mass is 16.2. The van der Waals surface area contributed by atoms with Gasteiger partial charge in [-0.2, -0.15) is 0 Å². The molecule has 78 valence electrons. The molecule has 0 aromatic heterocycles. The Labute approximate surface area is 86.8 Å². The van der Waals surface area contributed by atoms with Gasteiger partial charge in [-0.1, -0.05) is 50.1 Å². The van der Waals surface area contributed by atoms with Crippen LogP contribution in [0, 0.1) is 0 Å². The molecule has 0 fully saturated rings. The van der Waals surface area contributed by atoms with Crippen LogP contribution in [0.2, 0.25) is 0 Å². The lowest BCUT2D eigenvalue weighted by molar-refractivity contribution is 0.282. The monoisotopic (exact) mass is 192 g/mol. The number of benzene rings is 1. The second-order valence-electron chi connectivity index (χ2n) is 3.88. The molecule has 1 atom stereocenters. The largest absolute Gasteiger partial charge is 0.396 e. The van der Waals surface area contributed by atoms with Gasteiger partial charge in [0.05, 0.1) is 0 Å². The molecule has 0 heterocycles. The van der Waals surface area contributed by atoms with Crippen LogP contribution in [0.15, 0.2) is 30.3 Å². The zero-order valence-corrected chi connectivity index (χ0v) is 8.95. The summed E-state index contributed by atoms with van der Waals surface area (Å²) in [5, 5.41) is 8.65. The zero-order chi connectivity index (χ0) is 10.2. The van der Waals surface area contributed by atoms with E-state index in [4.69, 9.17) is 5.11 Å². The van der Waals surface area contributed by atoms with Crippen molar-refractivity contribution in [3.8, 4) is 0 Å². The molecule has 1 N–H and O–H groups in total. The van der Waals surface area contributed by atoms with Crippen molar-refractivity contribution >= 4 is 0 Å². The van der Waals surface area contributed by atoms with E-state index in [1.807, 2.05) is 0 Å². The van der Waals surface area contributed by atoms with E-state index in [1.165, 1.54) is 18.4 Å². The summed E-state index contributed by atoms with van der Waals surface area (Å²) in [4.78, 5) is 0. The van der Waals surface area contributed by atoms with Crippen molar-refractivity contribution in [3.05, 3.63) is 35.9 Å². The first-order chi connectivity index (χ1) is 6.84. The third kappa shape index (κ3) is 3.93. The molecule has 1 aromatic carbocycles. The Morgan fingerprint density at radius 2 is 1.79 bits per heavy atom. The van der Waals surface area contributed by atoms with Crippen molar-refractivity contribution < 1.29 is 5.11 Å². The lowest BCUT2D eigenvalue weighted by Crippen LogP contribution is -1.93. The molecule has 14 heavy (non-hydrogen) atoms. The van der Waals surface area contributed by atoms with Gasteiger partial charge in [0.1, 0.15) is 0 Å². The predicted molar refractivity (Wildman–Crippen MR) is 60.4 cm³/mol. The van der Waals surface area contributed by atoms with Gasteiger partial charge < -0.3 is 5.11 Å². The SMILES string of the molecule is CC(CCCCCO)c1ccccc1. The van der Waals surface area contributed by atoms with E-state index in [0.29, 0.717) is 12.5 Å². The lowest BCUT2D eigenvalue weighted by Gasteiger charge is -2.10. The van der Waals surface area contributed by atoms with Crippen LogP contribution in [0.25, 0.3) is 0 Å². The van der Waals surface area contributed by atoms with Crippen molar-refractivity contribution in [3.63, 3.8) is 0 Å². The molecule has 0 saturated heterocycles. The third-order valence-corrected chi connectivity index (χ3v) is 2.66. The fraction of sp³-hybridized carbons (Fsp3) is 0.538. The highest BCUT2D eigenvalue weighted by molar-refractivity contribution is 5.18. The van der Waals surface area contributed by atoms with Gasteiger partial charge >= 0.3 is 0 Å². The molecule has 1 heteroatoms. The van der Waals surface area contributed by atoms with Gasteiger partial charge in [-0.05, 0) is 24.3 Å². The summed E-state index contributed by atoms with van der Waals surface area (Å²) < 4.78 is 0. The Bertz CT molecular complexity index is 230. The molecule has 1 aromatic rings. The van der Waals surface area contributed by atoms with Gasteiger partial charge in [0.15, 0.2) is 0 Å². The molecular weight excluding hydrogens is 172 g/mol. The van der Waals surface area contributed by atoms with Crippen molar-refractivity contribution in [2.45, 2.75) is 38.5 Å². The molecule has 1 unspecified atom stereocenters. The molecule has 0 aliphatic carbocycles. The minimum Gasteiger partial charge on any atom is -0.396 e. The summed E-state index contributed by atoms with van der Waals surface area (Å²) in [6, 6.07) is 10.6. The van der Waals surface area contributed by atoms with Crippen molar-refractivity contribution in [2.75, 3.05) is 6.61 Å². The van der Waals surface area contributed by atoms with E-state index in [-0.39, 0.29) is 0 Å². The average Bonchev–Trinajstić information content (AvgIpc) is 2.25. The van der Waals surface area contributed by atoms with E-state index in [1.54, 1.807) is 0 Å². The van der Waals surface area contributed by atoms with Gasteiger partial charge in [0.25, 0.3) is 0 Å². The summed E-state index contributed by atoms with van der Waals surface area (Å²) in [5.74, 6) is 0.648. The highest BCUT2D eigenvalue weighted by Gasteiger charge is 2.03. The maximum Gasteiger partial charge on any atom is 0.0431 e. The molecular formula is C13H20O. The Morgan fingerprint density at radius 1 is 1.07 bits per heavy atom. The molecule has 0 spiro atoms. The Balaban J connectivity index is 2.25. The van der Waals surface area contributed by atoms with E-state index in [2.05, 4.69) is 37.3 Å². The maximum absolute atomic E-state index is 8.65. The number of aliphatic hydroxyl groups excluding tert-OH is 1. The number of hydrogen-bond acceptors (Lipinski definition) is 1. The maximum atomic E-state index is 8.65. The Kier molecular flexibility index (Phi) is 5.31. The first kappa shape index (κ1) is 11.3. The van der Waals surface area contributed by atoms with Crippen LogP contribution >= 0.6 is 0 Å². The first-order valence-corrected chi connectivity index (χ1v) is 5.50. The summed E-state index contributed by atoms with van der Waals surface area (Å²) in [6.45, 7) is 2.61. The van der Waals surface area contributed by atoms with E-state index < -0.39 is 0 Å². The van der Waals surface area contributed by atoms with Gasteiger partial charge in [0.2, 0.25) is 0 Å². The molecule has 1 rings (SSSR count). The van der Waals surface area contributed by atoms with Crippen LogP contribution in [-0.2, 0) is 0 Å². The molecule has 1 nitrogen and oxygen atoms in total. The third-order valence-electron chi connectivity index (χ3n) is 2.66. The summed E-state index contributed by atoms with van der Waals surface area (Å²) in [6.07, 6.45) is 4.54. The van der Waals surface area contributed by atoms with Gasteiger partial charge in [-0.3, -0.25) is 0 Å². The van der Waals surface area contributed by atoms with Crippen LogP contribution < -0.4 is 0 Å². The normalized spacial score (nSPS) is 12.7. The van der Waals surface area contributed by atoms with Gasteiger partial charge in [-0.25, -0.2) is 0 Å². The quantitative estimate of drug-likeness (QED) is 0.685. The van der Waals surface area contributed by atoms with Gasteiger partial charge in [-0.15, -0.1) is 0 Å². The number of rotatable bonds is 6. The standard InChI is InChI=1S/C13H20O/c1-12(8-4-3-7-11-14)13-9-5-2-6-10-13/h2,5-6,9-10,12,14H,3-4,7-8,11H2,1H3. The second kappa shape index (κ2) is 6.61. The molecule has 0 aliphatic heterocycles. The van der Waals surface area contributed by atoms with Crippen LogP contribution in [0.3, 0.4) is 0 Å². The first-order valence-electron chi connectivity index (χ1n) is 5.50. The smallest absolute Gasteiger partial charge is 0.0431 e. The number of unbranched alkanes of at least 4 members (excludes halogenated alkanes) is 2. The molecule has 0 amide bonds. The van der Waals surface area contributed by atoms with Crippen molar-refractivity contribution in [2.24, 2.45) is 0 Å². The number of aliphatic hydroxyl groups is 1. The van der Waals surface area contributed by atoms with Crippen LogP contribution in [0.5, 0.6) is 0 Å². The van der Waals surface area contributed by atoms with E-state index in [0.717, 1.165) is 12.8 Å². The summed E-state index contributed by atoms with van der Waals surface area (Å²) in [7, 11) is 0. The van der Waals surface area contributed by atoms with Crippen LogP contribution in [0.4, 0.5) is 0 Å². The average molecular weight is 192 g/mol. The molecule has 0 bridgehead atoms. The Morgan fingerprint density at radius 3 is 2.43 bits per heavy atom. The number of hydrogen-bond donors (Lipinski definition) is 1. The van der Waals surface area contributed by atoms with Crippen LogP contribution in [-0.4, -0.2) is 11.7 Å².